The molecule has 0 saturated heterocycles. The van der Waals surface area contributed by atoms with Gasteiger partial charge in [-0.05, 0) is 66.4 Å². The number of alkyl halides is 6. The minimum atomic E-state index is -5.01. The van der Waals surface area contributed by atoms with Crippen LogP contribution in [0.2, 0.25) is 0 Å². The monoisotopic (exact) mass is 540 g/mol. The molecule has 2 aromatic rings. The van der Waals surface area contributed by atoms with Crippen molar-refractivity contribution in [3.8, 4) is 0 Å². The Hall–Kier alpha value is -3.93. The van der Waals surface area contributed by atoms with Crippen molar-refractivity contribution >= 4 is 29.7 Å². The minimum absolute atomic E-state index is 0.0121. The van der Waals surface area contributed by atoms with Gasteiger partial charge >= 0.3 is 12.4 Å². The van der Waals surface area contributed by atoms with Gasteiger partial charge in [-0.2, -0.15) is 26.3 Å². The minimum Gasteiger partial charge on any atom is -0.352 e. The molecule has 0 aliphatic heterocycles. The van der Waals surface area contributed by atoms with E-state index in [1.807, 2.05) is 0 Å². The smallest absolute Gasteiger partial charge is 0.352 e. The number of halogens is 6. The van der Waals surface area contributed by atoms with Crippen LogP contribution < -0.4 is 10.8 Å². The van der Waals surface area contributed by atoms with Gasteiger partial charge < -0.3 is 5.32 Å². The van der Waals surface area contributed by atoms with Crippen molar-refractivity contribution in [1.29, 1.82) is 0 Å². The van der Waals surface area contributed by atoms with Crippen molar-refractivity contribution in [3.05, 3.63) is 81.4 Å². The first kappa shape index (κ1) is 28.6. The first-order valence-corrected chi connectivity index (χ1v) is 11.4. The quantitative estimate of drug-likeness (QED) is 0.129. The van der Waals surface area contributed by atoms with E-state index >= 15 is 0 Å². The van der Waals surface area contributed by atoms with Gasteiger partial charge in [0.25, 0.3) is 5.91 Å². The average molecular weight is 540 g/mol. The summed E-state index contributed by atoms with van der Waals surface area (Å²) < 4.78 is 78.9. The number of rotatable bonds is 8. The Balaban J connectivity index is 1.73. The van der Waals surface area contributed by atoms with E-state index in [1.54, 1.807) is 0 Å². The number of carbonyl (C=O) groups is 3. The van der Waals surface area contributed by atoms with Gasteiger partial charge in [-0.25, -0.2) is 5.48 Å². The third kappa shape index (κ3) is 7.31. The predicted octanol–water partition coefficient (Wildman–Crippen LogP) is 5.81. The summed E-state index contributed by atoms with van der Waals surface area (Å²) in [6.07, 6.45) is -4.44. The summed E-state index contributed by atoms with van der Waals surface area (Å²) in [5.41, 5.74) is -1.23. The van der Waals surface area contributed by atoms with Gasteiger partial charge in [-0.15, -0.1) is 0 Å². The summed E-state index contributed by atoms with van der Waals surface area (Å²) in [4.78, 5) is 36.3. The first-order chi connectivity index (χ1) is 17.8. The summed E-state index contributed by atoms with van der Waals surface area (Å²) in [5, 5.41) is 11.1. The van der Waals surface area contributed by atoms with Crippen molar-refractivity contribution in [2.75, 3.05) is 6.54 Å². The Morgan fingerprint density at radius 1 is 0.868 bits per heavy atom. The zero-order valence-corrected chi connectivity index (χ0v) is 19.7. The lowest BCUT2D eigenvalue weighted by Gasteiger charge is -2.15. The van der Waals surface area contributed by atoms with E-state index < -0.39 is 46.6 Å². The van der Waals surface area contributed by atoms with Gasteiger partial charge in [-0.1, -0.05) is 18.6 Å². The molecule has 0 unspecified atom stereocenters. The first-order valence-electron chi connectivity index (χ1n) is 11.4. The maximum Gasteiger partial charge on any atom is 0.416 e. The fourth-order valence-electron chi connectivity index (χ4n) is 3.76. The van der Waals surface area contributed by atoms with E-state index in [0.29, 0.717) is 43.5 Å². The molecule has 0 bridgehead atoms. The van der Waals surface area contributed by atoms with Gasteiger partial charge in [0.2, 0.25) is 5.91 Å². The summed E-state index contributed by atoms with van der Waals surface area (Å²) >= 11 is 0. The molecule has 6 nitrogen and oxygen atoms in total. The number of carbonyl (C=O) groups excluding carboxylic acids is 3. The molecular formula is C26H22F6N2O4. The van der Waals surface area contributed by atoms with Crippen molar-refractivity contribution in [1.82, 2.24) is 10.8 Å². The molecule has 1 aliphatic rings. The fraction of sp³-hybridized carbons (Fsp3) is 0.269. The molecule has 0 spiro atoms. The van der Waals surface area contributed by atoms with Crippen LogP contribution in [0.4, 0.5) is 26.3 Å². The second kappa shape index (κ2) is 11.6. The van der Waals surface area contributed by atoms with Crippen molar-refractivity contribution in [2.24, 2.45) is 0 Å². The van der Waals surface area contributed by atoms with Gasteiger partial charge in [-0.3, -0.25) is 19.6 Å². The van der Waals surface area contributed by atoms with Gasteiger partial charge in [0.15, 0.2) is 5.78 Å². The standard InChI is InChI=1S/C26H22F6N2O4/c27-25(28,29)19-11-15(12-20(14-19)26(30,31)32)10-17-6-5-16-13-18(7-8-21(16)23(17)36)24(37)33-9-3-1-2-4-22(35)34-38/h5-8,10-14,38H,1-4,9H2,(H,33,37)(H,34,35)/b17-10+. The molecule has 3 rings (SSSR count). The third-order valence-corrected chi connectivity index (χ3v) is 5.69. The number of hydrogen-bond donors (Lipinski definition) is 3. The molecule has 38 heavy (non-hydrogen) atoms. The Kier molecular flexibility index (Phi) is 8.77. The lowest BCUT2D eigenvalue weighted by Crippen LogP contribution is -2.25. The zero-order valence-electron chi connectivity index (χ0n) is 19.7. The zero-order chi connectivity index (χ0) is 28.1. The molecule has 0 aromatic heterocycles. The Bertz CT molecular complexity index is 1260. The number of Topliss-reactive ketones (excluding diaryl/α,β-unsaturated/α-hetero) is 1. The summed E-state index contributed by atoms with van der Waals surface area (Å²) in [6.45, 7) is 0.329. The molecule has 12 heteroatoms. The number of hydrogen-bond acceptors (Lipinski definition) is 4. The van der Waals surface area contributed by atoms with Crippen LogP contribution in [0.3, 0.4) is 0 Å². The van der Waals surface area contributed by atoms with Crippen LogP contribution in [0.15, 0.2) is 48.0 Å². The summed E-state index contributed by atoms with van der Waals surface area (Å²) in [5.74, 6) is -1.52. The number of hydroxylamine groups is 1. The number of nitrogens with one attached hydrogen (secondary N) is 2. The molecule has 2 aromatic carbocycles. The van der Waals surface area contributed by atoms with Crippen molar-refractivity contribution in [3.63, 3.8) is 0 Å². The van der Waals surface area contributed by atoms with Crippen molar-refractivity contribution in [2.45, 2.75) is 38.0 Å². The lowest BCUT2D eigenvalue weighted by atomic mass is 9.89. The largest absolute Gasteiger partial charge is 0.416 e. The number of benzene rings is 2. The number of unbranched alkanes of at least 4 members (excludes halogenated alkanes) is 2. The Morgan fingerprint density at radius 2 is 1.53 bits per heavy atom. The summed E-state index contributed by atoms with van der Waals surface area (Å²) in [6, 6.07) is 5.29. The van der Waals surface area contributed by atoms with Crippen LogP contribution in [-0.2, 0) is 17.1 Å². The maximum absolute atomic E-state index is 13.1. The summed E-state index contributed by atoms with van der Waals surface area (Å²) in [7, 11) is 0. The molecule has 2 amide bonds. The van der Waals surface area contributed by atoms with Gasteiger partial charge in [0, 0.05) is 29.7 Å². The van der Waals surface area contributed by atoms with Crippen LogP contribution in [0.1, 0.15) is 68.7 Å². The van der Waals surface area contributed by atoms with Crippen LogP contribution in [0, 0.1) is 0 Å². The van der Waals surface area contributed by atoms with E-state index in [0.717, 1.165) is 6.08 Å². The van der Waals surface area contributed by atoms with E-state index in [2.05, 4.69) is 5.32 Å². The number of ketones is 1. The molecule has 0 atom stereocenters. The van der Waals surface area contributed by atoms with E-state index in [-0.39, 0.29) is 29.2 Å². The molecule has 1 aliphatic carbocycles. The highest BCUT2D eigenvalue weighted by molar-refractivity contribution is 6.18. The van der Waals surface area contributed by atoms with E-state index in [1.165, 1.54) is 35.8 Å². The molecular weight excluding hydrogens is 518 g/mol. The highest BCUT2D eigenvalue weighted by atomic mass is 19.4. The molecule has 202 valence electrons. The topological polar surface area (TPSA) is 95.5 Å². The number of fused-ring (bicyclic) bond motifs is 1. The molecule has 0 fully saturated rings. The normalized spacial score (nSPS) is 14.4. The second-order valence-corrected chi connectivity index (χ2v) is 8.50. The van der Waals surface area contributed by atoms with Crippen LogP contribution in [0.25, 0.3) is 12.2 Å². The number of allylic oxidation sites excluding steroid dienone is 2. The Morgan fingerprint density at radius 3 is 2.13 bits per heavy atom. The second-order valence-electron chi connectivity index (χ2n) is 8.50. The highest BCUT2D eigenvalue weighted by Gasteiger charge is 2.36. The van der Waals surface area contributed by atoms with Gasteiger partial charge in [0.1, 0.15) is 0 Å². The average Bonchev–Trinajstić information content (AvgIpc) is 2.86. The van der Waals surface area contributed by atoms with Crippen LogP contribution in [-0.4, -0.2) is 29.3 Å². The van der Waals surface area contributed by atoms with Crippen molar-refractivity contribution < 1.29 is 45.9 Å². The van der Waals surface area contributed by atoms with E-state index in [4.69, 9.17) is 5.21 Å². The van der Waals surface area contributed by atoms with Crippen LogP contribution >= 0.6 is 0 Å². The molecule has 0 heterocycles. The SMILES string of the molecule is O=C(CCCCCNC(=O)c1ccc2c(c1)C=C/C(=C\c1cc(C(F)(F)F)cc(C(F)(F)F)c1)C2=O)NO. The molecule has 0 radical (unpaired) electrons. The Labute approximate surface area is 213 Å². The third-order valence-electron chi connectivity index (χ3n) is 5.69. The predicted molar refractivity (Wildman–Crippen MR) is 125 cm³/mol. The highest BCUT2D eigenvalue weighted by Crippen LogP contribution is 2.37. The number of amides is 2. The lowest BCUT2D eigenvalue weighted by molar-refractivity contribution is -0.143. The molecule has 3 N–H and O–H groups in total. The van der Waals surface area contributed by atoms with Gasteiger partial charge in [0.05, 0.1) is 11.1 Å². The van der Waals surface area contributed by atoms with Crippen LogP contribution in [0.5, 0.6) is 0 Å². The maximum atomic E-state index is 13.1. The van der Waals surface area contributed by atoms with E-state index in [9.17, 15) is 40.7 Å². The fourth-order valence-corrected chi connectivity index (χ4v) is 3.76. The molecule has 0 saturated carbocycles.